The number of furan rings is 1. The summed E-state index contributed by atoms with van der Waals surface area (Å²) in [6.07, 6.45) is 1.37. The van der Waals surface area contributed by atoms with Crippen molar-refractivity contribution in [1.29, 1.82) is 0 Å². The van der Waals surface area contributed by atoms with E-state index in [0.717, 1.165) is 5.39 Å². The van der Waals surface area contributed by atoms with Crippen molar-refractivity contribution in [1.82, 2.24) is 14.9 Å². The van der Waals surface area contributed by atoms with Crippen molar-refractivity contribution in [3.05, 3.63) is 40.9 Å². The Labute approximate surface area is 142 Å². The maximum absolute atomic E-state index is 12.5. The Bertz CT molecular complexity index is 1000. The van der Waals surface area contributed by atoms with E-state index in [1.54, 1.807) is 19.1 Å². The monoisotopic (exact) mass is 343 g/mol. The first kappa shape index (κ1) is 16.7. The number of carbonyl (C=O) groups excluding carboxylic acids is 2. The lowest BCUT2D eigenvalue weighted by atomic mass is 10.2. The number of nitrogens with one attached hydrogen (secondary N) is 1. The van der Waals surface area contributed by atoms with Gasteiger partial charge >= 0.3 is 5.97 Å². The zero-order valence-corrected chi connectivity index (χ0v) is 13.8. The fourth-order valence-corrected chi connectivity index (χ4v) is 2.59. The highest BCUT2D eigenvalue weighted by Crippen LogP contribution is 2.23. The molecule has 1 aromatic carbocycles. The van der Waals surface area contributed by atoms with Gasteiger partial charge in [-0.15, -0.1) is 0 Å². The van der Waals surface area contributed by atoms with Crippen LogP contribution in [0.15, 0.2) is 39.8 Å². The summed E-state index contributed by atoms with van der Waals surface area (Å²) in [5, 5.41) is 3.39. The molecule has 0 aliphatic heterocycles. The number of hydrogen-bond acceptors (Lipinski definition) is 6. The predicted molar refractivity (Wildman–Crippen MR) is 90.0 cm³/mol. The summed E-state index contributed by atoms with van der Waals surface area (Å²) >= 11 is 0. The summed E-state index contributed by atoms with van der Waals surface area (Å²) in [7, 11) is 1.28. The summed E-state index contributed by atoms with van der Waals surface area (Å²) in [4.78, 5) is 40.0. The summed E-state index contributed by atoms with van der Waals surface area (Å²) in [6.45, 7) is 1.46. The van der Waals surface area contributed by atoms with Gasteiger partial charge in [0.1, 0.15) is 17.6 Å². The van der Waals surface area contributed by atoms with Crippen LogP contribution in [-0.4, -0.2) is 34.6 Å². The van der Waals surface area contributed by atoms with Crippen LogP contribution in [0.25, 0.3) is 22.1 Å². The van der Waals surface area contributed by atoms with Crippen molar-refractivity contribution in [3.63, 3.8) is 0 Å². The lowest BCUT2D eigenvalue weighted by Crippen LogP contribution is -2.38. The van der Waals surface area contributed by atoms with Crippen molar-refractivity contribution in [2.24, 2.45) is 0 Å². The van der Waals surface area contributed by atoms with Gasteiger partial charge in [0, 0.05) is 11.4 Å². The first-order valence-corrected chi connectivity index (χ1v) is 7.72. The highest BCUT2D eigenvalue weighted by molar-refractivity contribution is 6.01. The van der Waals surface area contributed by atoms with E-state index in [-0.39, 0.29) is 18.5 Å². The molecule has 0 radical (unpaired) electrons. The highest BCUT2D eigenvalue weighted by atomic mass is 16.5. The molecule has 0 saturated heterocycles. The number of carbonyl (C=O) groups is 2. The van der Waals surface area contributed by atoms with Crippen molar-refractivity contribution < 1.29 is 18.7 Å². The molecular formula is C17H17N3O5. The largest absolute Gasteiger partial charge is 0.469 e. The van der Waals surface area contributed by atoms with Gasteiger partial charge in [-0.05, 0) is 19.1 Å². The summed E-state index contributed by atoms with van der Waals surface area (Å²) in [6, 6.07) is 6.81. The molecule has 1 atom stereocenters. The Morgan fingerprint density at radius 2 is 2.12 bits per heavy atom. The first-order chi connectivity index (χ1) is 12.0. The summed E-state index contributed by atoms with van der Waals surface area (Å²) in [5.41, 5.74) is 0.711. The number of para-hydroxylation sites is 1. The van der Waals surface area contributed by atoms with Crippen LogP contribution in [0.3, 0.4) is 0 Å². The molecule has 0 spiro atoms. The van der Waals surface area contributed by atoms with Gasteiger partial charge in [0.2, 0.25) is 11.5 Å². The van der Waals surface area contributed by atoms with Gasteiger partial charge in [-0.2, -0.15) is 0 Å². The van der Waals surface area contributed by atoms with Crippen LogP contribution in [0.5, 0.6) is 0 Å². The molecule has 130 valence electrons. The van der Waals surface area contributed by atoms with E-state index >= 15 is 0 Å². The van der Waals surface area contributed by atoms with E-state index in [1.165, 1.54) is 18.0 Å². The number of ether oxygens (including phenoxy) is 1. The zero-order valence-electron chi connectivity index (χ0n) is 13.8. The van der Waals surface area contributed by atoms with Gasteiger partial charge in [0.25, 0.3) is 5.56 Å². The number of fused-ring (bicyclic) bond motifs is 3. The van der Waals surface area contributed by atoms with E-state index in [1.807, 2.05) is 12.1 Å². The number of methoxy groups -OCH3 is 1. The number of amides is 1. The third-order valence-corrected chi connectivity index (χ3v) is 3.77. The third-order valence-electron chi connectivity index (χ3n) is 3.77. The number of esters is 1. The van der Waals surface area contributed by atoms with Gasteiger partial charge in [-0.25, -0.2) is 4.98 Å². The number of hydrogen-bond donors (Lipinski definition) is 1. The Hall–Kier alpha value is -3.16. The van der Waals surface area contributed by atoms with Crippen molar-refractivity contribution >= 4 is 33.9 Å². The van der Waals surface area contributed by atoms with Crippen molar-refractivity contribution in [2.45, 2.75) is 25.9 Å². The molecule has 0 aliphatic rings. The zero-order chi connectivity index (χ0) is 18.0. The minimum absolute atomic E-state index is 0.0536. The van der Waals surface area contributed by atoms with Crippen molar-refractivity contribution in [3.8, 4) is 0 Å². The Morgan fingerprint density at radius 3 is 2.88 bits per heavy atom. The number of nitrogens with zero attached hydrogens (tertiary/aromatic N) is 2. The maximum atomic E-state index is 12.5. The predicted octanol–water partition coefficient (Wildman–Crippen LogP) is 1.21. The lowest BCUT2D eigenvalue weighted by molar-refractivity contribution is -0.141. The van der Waals surface area contributed by atoms with E-state index < -0.39 is 23.5 Å². The van der Waals surface area contributed by atoms with Crippen LogP contribution in [-0.2, 0) is 20.9 Å². The second-order valence-electron chi connectivity index (χ2n) is 5.70. The van der Waals surface area contributed by atoms with Crippen LogP contribution >= 0.6 is 0 Å². The fourth-order valence-electron chi connectivity index (χ4n) is 2.59. The smallest absolute Gasteiger partial charge is 0.307 e. The topological polar surface area (TPSA) is 103 Å². The van der Waals surface area contributed by atoms with Gasteiger partial charge in [0.05, 0.1) is 19.9 Å². The molecule has 3 aromatic rings. The van der Waals surface area contributed by atoms with Crippen LogP contribution < -0.4 is 10.9 Å². The van der Waals surface area contributed by atoms with E-state index in [2.05, 4.69) is 15.0 Å². The average Bonchev–Trinajstić information content (AvgIpc) is 2.96. The Balaban J connectivity index is 1.81. The molecular weight excluding hydrogens is 326 g/mol. The molecule has 2 aromatic heterocycles. The standard InChI is InChI=1S/C17H17N3O5/c1-10(7-14(22)24-2)19-13(21)8-20-9-18-15-11-5-3-4-6-12(11)25-16(15)17(20)23/h3-6,9-10H,7-8H2,1-2H3,(H,19,21). The molecule has 2 heterocycles. The quantitative estimate of drug-likeness (QED) is 0.699. The van der Waals surface area contributed by atoms with Crippen LogP contribution in [0.1, 0.15) is 13.3 Å². The van der Waals surface area contributed by atoms with Gasteiger partial charge < -0.3 is 14.5 Å². The summed E-state index contributed by atoms with van der Waals surface area (Å²) < 4.78 is 11.3. The third kappa shape index (κ3) is 3.37. The highest BCUT2D eigenvalue weighted by Gasteiger charge is 2.16. The van der Waals surface area contributed by atoms with E-state index in [0.29, 0.717) is 11.1 Å². The molecule has 1 amide bonds. The molecule has 25 heavy (non-hydrogen) atoms. The molecule has 0 bridgehead atoms. The minimum Gasteiger partial charge on any atom is -0.469 e. The molecule has 1 unspecified atom stereocenters. The Kier molecular flexibility index (Phi) is 4.51. The van der Waals surface area contributed by atoms with Crippen LogP contribution in [0, 0.1) is 0 Å². The fraction of sp³-hybridized carbons (Fsp3) is 0.294. The number of rotatable bonds is 5. The first-order valence-electron chi connectivity index (χ1n) is 7.72. The summed E-state index contributed by atoms with van der Waals surface area (Å²) in [5.74, 6) is -0.828. The van der Waals surface area contributed by atoms with Gasteiger partial charge in [0.15, 0.2) is 0 Å². The van der Waals surface area contributed by atoms with Crippen LogP contribution in [0.4, 0.5) is 0 Å². The van der Waals surface area contributed by atoms with Crippen molar-refractivity contribution in [2.75, 3.05) is 7.11 Å². The van der Waals surface area contributed by atoms with E-state index in [9.17, 15) is 14.4 Å². The lowest BCUT2D eigenvalue weighted by Gasteiger charge is -2.13. The van der Waals surface area contributed by atoms with E-state index in [4.69, 9.17) is 4.42 Å². The molecule has 8 nitrogen and oxygen atoms in total. The van der Waals surface area contributed by atoms with Crippen LogP contribution in [0.2, 0.25) is 0 Å². The molecule has 0 fully saturated rings. The average molecular weight is 343 g/mol. The molecule has 0 saturated carbocycles. The molecule has 1 N–H and O–H groups in total. The van der Waals surface area contributed by atoms with Gasteiger partial charge in [-0.3, -0.25) is 19.0 Å². The normalized spacial score (nSPS) is 12.2. The SMILES string of the molecule is COC(=O)CC(C)NC(=O)Cn1cnc2c(oc3ccccc32)c1=O. The maximum Gasteiger partial charge on any atom is 0.307 e. The molecule has 0 aliphatic carbocycles. The van der Waals surface area contributed by atoms with Gasteiger partial charge in [-0.1, -0.05) is 12.1 Å². The minimum atomic E-state index is -0.433. The Morgan fingerprint density at radius 1 is 1.36 bits per heavy atom. The number of aromatic nitrogens is 2. The molecule has 8 heteroatoms. The number of benzene rings is 1. The molecule has 3 rings (SSSR count). The second kappa shape index (κ2) is 6.76. The second-order valence-corrected chi connectivity index (χ2v) is 5.70.